The molecular weight excluding hydrogens is 385 g/mol. The zero-order valence-corrected chi connectivity index (χ0v) is 15.9. The van der Waals surface area contributed by atoms with Crippen LogP contribution < -0.4 is 10.6 Å². The highest BCUT2D eigenvalue weighted by Gasteiger charge is 2.19. The van der Waals surface area contributed by atoms with E-state index in [1.54, 1.807) is 19.1 Å². The molecule has 9 heteroatoms. The number of rotatable bonds is 5. The van der Waals surface area contributed by atoms with Gasteiger partial charge in [0.05, 0.1) is 16.4 Å². The summed E-state index contributed by atoms with van der Waals surface area (Å²) in [5.74, 6) is -1.25. The summed E-state index contributed by atoms with van der Waals surface area (Å²) in [5, 5.41) is 13.4. The minimum Gasteiger partial charge on any atom is -0.324 e. The normalized spacial score (nSPS) is 10.6. The largest absolute Gasteiger partial charge is 0.324 e. The Morgan fingerprint density at radius 3 is 2.50 bits per heavy atom. The summed E-state index contributed by atoms with van der Waals surface area (Å²) in [6.45, 7) is 3.38. The van der Waals surface area contributed by atoms with Crippen LogP contribution in [-0.2, 0) is 11.3 Å². The van der Waals surface area contributed by atoms with Gasteiger partial charge in [-0.2, -0.15) is 0 Å². The smallest absolute Gasteiger partial charge is 0.278 e. The molecule has 2 N–H and O–H groups in total. The fraction of sp³-hybridized carbons (Fsp3) is 0.158. The molecule has 0 saturated heterocycles. The molecule has 0 bridgehead atoms. The van der Waals surface area contributed by atoms with Crippen molar-refractivity contribution < 1.29 is 14.0 Å². The lowest BCUT2D eigenvalue weighted by atomic mass is 10.2. The molecule has 1 aromatic heterocycles. The van der Waals surface area contributed by atoms with Gasteiger partial charge in [0, 0.05) is 5.69 Å². The van der Waals surface area contributed by atoms with Crippen molar-refractivity contribution in [3.8, 4) is 0 Å². The standard InChI is InChI=1S/C19H17ClFN5O2/c1-11-3-8-16(15(20)9-11)23-19(28)18-12(2)26(25-24-18)10-17(27)22-14-6-4-13(21)5-7-14/h3-9H,10H2,1-2H3,(H,22,27)(H,23,28). The van der Waals surface area contributed by atoms with Crippen molar-refractivity contribution in [1.29, 1.82) is 0 Å². The predicted molar refractivity (Wildman–Crippen MR) is 104 cm³/mol. The maximum absolute atomic E-state index is 12.9. The molecule has 0 spiro atoms. The number of hydrogen-bond donors (Lipinski definition) is 2. The average molecular weight is 402 g/mol. The maximum Gasteiger partial charge on any atom is 0.278 e. The van der Waals surface area contributed by atoms with Crippen molar-refractivity contribution in [3.63, 3.8) is 0 Å². The van der Waals surface area contributed by atoms with Crippen molar-refractivity contribution in [2.75, 3.05) is 10.6 Å². The van der Waals surface area contributed by atoms with Crippen molar-refractivity contribution in [3.05, 3.63) is 70.3 Å². The van der Waals surface area contributed by atoms with Crippen LogP contribution in [0.3, 0.4) is 0 Å². The number of anilines is 2. The Hall–Kier alpha value is -3.26. The molecule has 0 aliphatic carbocycles. The quantitative estimate of drug-likeness (QED) is 0.683. The van der Waals surface area contributed by atoms with Crippen LogP contribution in [0.2, 0.25) is 5.02 Å². The first kappa shape index (κ1) is 19.5. The highest BCUT2D eigenvalue weighted by atomic mass is 35.5. The molecule has 0 fully saturated rings. The summed E-state index contributed by atoms with van der Waals surface area (Å²) >= 11 is 6.13. The Bertz CT molecular complexity index is 1030. The third-order valence-corrected chi connectivity index (χ3v) is 4.30. The Labute approximate surface area is 165 Å². The van der Waals surface area contributed by atoms with Crippen LogP contribution in [0.4, 0.5) is 15.8 Å². The lowest BCUT2D eigenvalue weighted by molar-refractivity contribution is -0.117. The highest BCUT2D eigenvalue weighted by molar-refractivity contribution is 6.34. The van der Waals surface area contributed by atoms with Gasteiger partial charge in [-0.3, -0.25) is 9.59 Å². The second kappa shape index (κ2) is 8.18. The number of nitrogens with one attached hydrogen (secondary N) is 2. The van der Waals surface area contributed by atoms with Gasteiger partial charge in [0.2, 0.25) is 5.91 Å². The topological polar surface area (TPSA) is 88.9 Å². The fourth-order valence-electron chi connectivity index (χ4n) is 2.49. The Morgan fingerprint density at radius 1 is 1.11 bits per heavy atom. The first-order valence-corrected chi connectivity index (χ1v) is 8.74. The van der Waals surface area contributed by atoms with Crippen LogP contribution in [0.15, 0.2) is 42.5 Å². The Morgan fingerprint density at radius 2 is 1.82 bits per heavy atom. The molecule has 0 saturated carbocycles. The monoisotopic (exact) mass is 401 g/mol. The maximum atomic E-state index is 12.9. The van der Waals surface area contributed by atoms with Crippen LogP contribution in [-0.4, -0.2) is 26.8 Å². The number of amides is 2. The van der Waals surface area contributed by atoms with E-state index >= 15 is 0 Å². The lowest BCUT2D eigenvalue weighted by Gasteiger charge is -2.08. The zero-order chi connectivity index (χ0) is 20.3. The van der Waals surface area contributed by atoms with Gasteiger partial charge in [-0.05, 0) is 55.8 Å². The van der Waals surface area contributed by atoms with Gasteiger partial charge in [-0.25, -0.2) is 9.07 Å². The predicted octanol–water partition coefficient (Wildman–Crippen LogP) is 3.58. The number of carbonyl (C=O) groups is 2. The number of aryl methyl sites for hydroxylation is 1. The van der Waals surface area contributed by atoms with E-state index in [0.717, 1.165) is 5.56 Å². The molecule has 3 aromatic rings. The van der Waals surface area contributed by atoms with E-state index in [1.807, 2.05) is 13.0 Å². The van der Waals surface area contributed by atoms with Gasteiger partial charge < -0.3 is 10.6 Å². The van der Waals surface area contributed by atoms with Crippen molar-refractivity contribution >= 4 is 34.8 Å². The summed E-state index contributed by atoms with van der Waals surface area (Å²) in [6.07, 6.45) is 0. The van der Waals surface area contributed by atoms with Crippen molar-refractivity contribution in [1.82, 2.24) is 15.0 Å². The second-order valence-corrected chi connectivity index (χ2v) is 6.58. The van der Waals surface area contributed by atoms with Gasteiger partial charge in [0.1, 0.15) is 12.4 Å². The van der Waals surface area contributed by atoms with E-state index in [9.17, 15) is 14.0 Å². The number of halogens is 2. The first-order valence-electron chi connectivity index (χ1n) is 8.36. The summed E-state index contributed by atoms with van der Waals surface area (Å²) in [7, 11) is 0. The molecule has 0 unspecified atom stereocenters. The van der Waals surface area contributed by atoms with E-state index in [0.29, 0.717) is 22.1 Å². The molecule has 3 rings (SSSR count). The van der Waals surface area contributed by atoms with Crippen LogP contribution in [0.1, 0.15) is 21.7 Å². The number of carbonyl (C=O) groups excluding carboxylic acids is 2. The third-order valence-electron chi connectivity index (χ3n) is 3.99. The van der Waals surface area contributed by atoms with Crippen molar-refractivity contribution in [2.24, 2.45) is 0 Å². The van der Waals surface area contributed by atoms with Gasteiger partial charge in [0.25, 0.3) is 5.91 Å². The first-order chi connectivity index (χ1) is 13.3. The van der Waals surface area contributed by atoms with E-state index in [1.165, 1.54) is 28.9 Å². The molecule has 7 nitrogen and oxygen atoms in total. The summed E-state index contributed by atoms with van der Waals surface area (Å²) in [6, 6.07) is 10.7. The minimum atomic E-state index is -0.478. The molecule has 0 radical (unpaired) electrons. The summed E-state index contributed by atoms with van der Waals surface area (Å²) in [4.78, 5) is 24.6. The van der Waals surface area contributed by atoms with Gasteiger partial charge in [-0.15, -0.1) is 5.10 Å². The van der Waals surface area contributed by atoms with Gasteiger partial charge in [-0.1, -0.05) is 22.9 Å². The van der Waals surface area contributed by atoms with E-state index in [2.05, 4.69) is 20.9 Å². The Balaban J connectivity index is 1.68. The second-order valence-electron chi connectivity index (χ2n) is 6.17. The molecule has 0 atom stereocenters. The van der Waals surface area contributed by atoms with Crippen LogP contribution in [0.5, 0.6) is 0 Å². The SMILES string of the molecule is Cc1ccc(NC(=O)c2nnn(CC(=O)Nc3ccc(F)cc3)c2C)c(Cl)c1. The molecule has 144 valence electrons. The minimum absolute atomic E-state index is 0.0891. The van der Waals surface area contributed by atoms with Crippen LogP contribution >= 0.6 is 11.6 Å². The molecule has 2 amide bonds. The molecule has 0 aliphatic rings. The number of hydrogen-bond acceptors (Lipinski definition) is 4. The summed E-state index contributed by atoms with van der Waals surface area (Å²) < 4.78 is 14.2. The molecular formula is C19H17ClFN5O2. The van der Waals surface area contributed by atoms with Crippen LogP contribution in [0.25, 0.3) is 0 Å². The molecule has 0 aliphatic heterocycles. The lowest BCUT2D eigenvalue weighted by Crippen LogP contribution is -2.21. The van der Waals surface area contributed by atoms with Gasteiger partial charge in [0.15, 0.2) is 5.69 Å². The van der Waals surface area contributed by atoms with Crippen molar-refractivity contribution in [2.45, 2.75) is 20.4 Å². The third kappa shape index (κ3) is 4.52. The number of benzene rings is 2. The van der Waals surface area contributed by atoms with Crippen LogP contribution in [0, 0.1) is 19.7 Å². The number of nitrogens with zero attached hydrogens (tertiary/aromatic N) is 3. The molecule has 28 heavy (non-hydrogen) atoms. The highest BCUT2D eigenvalue weighted by Crippen LogP contribution is 2.23. The molecule has 2 aromatic carbocycles. The fourth-order valence-corrected chi connectivity index (χ4v) is 2.78. The number of aromatic nitrogens is 3. The zero-order valence-electron chi connectivity index (χ0n) is 15.2. The van der Waals surface area contributed by atoms with E-state index in [-0.39, 0.29) is 18.1 Å². The summed E-state index contributed by atoms with van der Waals surface area (Å²) in [5.41, 5.74) is 2.40. The Kier molecular flexibility index (Phi) is 5.70. The average Bonchev–Trinajstić information content (AvgIpc) is 3.00. The van der Waals surface area contributed by atoms with Gasteiger partial charge >= 0.3 is 0 Å². The van der Waals surface area contributed by atoms with E-state index in [4.69, 9.17) is 11.6 Å². The van der Waals surface area contributed by atoms with E-state index < -0.39 is 11.7 Å². The molecule has 1 heterocycles.